The monoisotopic (exact) mass is 351 g/mol. The fraction of sp³-hybridized carbons (Fsp3) is 0.250. The topological polar surface area (TPSA) is 33.1 Å². The molecule has 0 amide bonds. The summed E-state index contributed by atoms with van der Waals surface area (Å²) in [7, 11) is 0. The summed E-state index contributed by atoms with van der Waals surface area (Å²) in [6.45, 7) is 0. The van der Waals surface area contributed by atoms with Crippen molar-refractivity contribution >= 4 is 27.3 Å². The molecule has 1 aromatic carbocycles. The number of hydrogen-bond donors (Lipinski definition) is 1. The lowest BCUT2D eigenvalue weighted by atomic mass is 9.99. The SMILES string of the molecule is OC(Cc1cncs1)c1ccc(Br)cc1C(F)(F)F. The first kappa shape index (κ1) is 14.5. The maximum atomic E-state index is 12.9. The standard InChI is InChI=1S/C12H9BrF3NOS/c13-7-1-2-9(10(3-7)12(14,15)16)11(18)4-8-5-17-6-19-8/h1-3,5-6,11,18H,4H2. The van der Waals surface area contributed by atoms with Gasteiger partial charge < -0.3 is 5.11 Å². The van der Waals surface area contributed by atoms with Gasteiger partial charge in [-0.2, -0.15) is 13.2 Å². The number of alkyl halides is 3. The van der Waals surface area contributed by atoms with Crippen LogP contribution < -0.4 is 0 Å². The van der Waals surface area contributed by atoms with Crippen LogP contribution in [0.1, 0.15) is 22.1 Å². The van der Waals surface area contributed by atoms with Crippen molar-refractivity contribution in [2.24, 2.45) is 0 Å². The molecule has 0 saturated heterocycles. The Morgan fingerprint density at radius 2 is 2.11 bits per heavy atom. The summed E-state index contributed by atoms with van der Waals surface area (Å²) in [6, 6.07) is 3.75. The van der Waals surface area contributed by atoms with Crippen molar-refractivity contribution in [3.8, 4) is 0 Å². The zero-order valence-electron chi connectivity index (χ0n) is 9.49. The van der Waals surface area contributed by atoms with E-state index in [1.807, 2.05) is 0 Å². The van der Waals surface area contributed by atoms with Gasteiger partial charge in [-0.05, 0) is 17.7 Å². The highest BCUT2D eigenvalue weighted by Gasteiger charge is 2.35. The van der Waals surface area contributed by atoms with Crippen LogP contribution in [0.3, 0.4) is 0 Å². The van der Waals surface area contributed by atoms with Crippen LogP contribution in [-0.2, 0) is 12.6 Å². The van der Waals surface area contributed by atoms with E-state index in [1.54, 1.807) is 11.7 Å². The molecule has 1 unspecified atom stereocenters. The lowest BCUT2D eigenvalue weighted by Gasteiger charge is -2.17. The number of aliphatic hydroxyl groups is 1. The first-order valence-electron chi connectivity index (χ1n) is 5.30. The molecule has 0 aliphatic carbocycles. The Labute approximate surface area is 120 Å². The first-order valence-corrected chi connectivity index (χ1v) is 6.97. The van der Waals surface area contributed by atoms with Gasteiger partial charge in [0.25, 0.3) is 0 Å². The maximum Gasteiger partial charge on any atom is 0.416 e. The van der Waals surface area contributed by atoms with E-state index < -0.39 is 17.8 Å². The molecule has 0 radical (unpaired) electrons. The van der Waals surface area contributed by atoms with Crippen LogP contribution >= 0.6 is 27.3 Å². The Kier molecular flexibility index (Phi) is 4.27. The highest BCUT2D eigenvalue weighted by atomic mass is 79.9. The summed E-state index contributed by atoms with van der Waals surface area (Å²) in [6.07, 6.45) is -4.03. The normalized spacial score (nSPS) is 13.5. The molecule has 7 heteroatoms. The molecule has 0 fully saturated rings. The fourth-order valence-corrected chi connectivity index (χ4v) is 2.70. The third-order valence-corrected chi connectivity index (χ3v) is 3.85. The predicted octanol–water partition coefficient (Wildman–Crippen LogP) is 4.20. The van der Waals surface area contributed by atoms with Gasteiger partial charge in [0.2, 0.25) is 0 Å². The lowest BCUT2D eigenvalue weighted by molar-refractivity contribution is -0.139. The van der Waals surface area contributed by atoms with Crippen molar-refractivity contribution in [2.45, 2.75) is 18.7 Å². The Hall–Kier alpha value is -0.920. The Bertz CT molecular complexity index is 557. The second-order valence-electron chi connectivity index (χ2n) is 3.92. The van der Waals surface area contributed by atoms with Gasteiger partial charge in [-0.1, -0.05) is 22.0 Å². The van der Waals surface area contributed by atoms with E-state index in [4.69, 9.17) is 0 Å². The molecular formula is C12H9BrF3NOS. The maximum absolute atomic E-state index is 12.9. The summed E-state index contributed by atoms with van der Waals surface area (Å²) in [4.78, 5) is 4.57. The van der Waals surface area contributed by atoms with E-state index in [0.29, 0.717) is 4.47 Å². The molecule has 0 saturated carbocycles. The van der Waals surface area contributed by atoms with Crippen molar-refractivity contribution in [3.63, 3.8) is 0 Å². The molecule has 0 spiro atoms. The number of rotatable bonds is 3. The van der Waals surface area contributed by atoms with Crippen LogP contribution in [0.4, 0.5) is 13.2 Å². The van der Waals surface area contributed by atoms with Gasteiger partial charge in [-0.25, -0.2) is 0 Å². The van der Waals surface area contributed by atoms with Gasteiger partial charge in [0.15, 0.2) is 0 Å². The molecule has 2 aromatic rings. The third-order valence-electron chi connectivity index (χ3n) is 2.56. The summed E-state index contributed by atoms with van der Waals surface area (Å²) in [5, 5.41) is 9.99. The van der Waals surface area contributed by atoms with Crippen molar-refractivity contribution in [2.75, 3.05) is 0 Å². The molecule has 0 bridgehead atoms. The molecular weight excluding hydrogens is 343 g/mol. The average Bonchev–Trinajstić information content (AvgIpc) is 2.80. The first-order chi connectivity index (χ1) is 8.88. The highest BCUT2D eigenvalue weighted by molar-refractivity contribution is 9.10. The quantitative estimate of drug-likeness (QED) is 0.898. The summed E-state index contributed by atoms with van der Waals surface area (Å²) < 4.78 is 39.1. The van der Waals surface area contributed by atoms with E-state index in [2.05, 4.69) is 20.9 Å². The molecule has 102 valence electrons. The molecule has 0 aliphatic rings. The Morgan fingerprint density at radius 3 is 2.68 bits per heavy atom. The number of aliphatic hydroxyl groups excluding tert-OH is 1. The van der Waals surface area contributed by atoms with E-state index in [9.17, 15) is 18.3 Å². The van der Waals surface area contributed by atoms with Crippen molar-refractivity contribution in [1.82, 2.24) is 4.98 Å². The van der Waals surface area contributed by atoms with E-state index >= 15 is 0 Å². The largest absolute Gasteiger partial charge is 0.416 e. The third kappa shape index (κ3) is 3.55. The molecule has 2 rings (SSSR count). The molecule has 1 atom stereocenters. The van der Waals surface area contributed by atoms with Crippen molar-refractivity contribution < 1.29 is 18.3 Å². The highest BCUT2D eigenvalue weighted by Crippen LogP contribution is 2.37. The minimum Gasteiger partial charge on any atom is -0.388 e. The lowest BCUT2D eigenvalue weighted by Crippen LogP contribution is -2.13. The van der Waals surface area contributed by atoms with Crippen LogP contribution in [0.25, 0.3) is 0 Å². The number of halogens is 4. The van der Waals surface area contributed by atoms with Crippen LogP contribution in [0.5, 0.6) is 0 Å². The van der Waals surface area contributed by atoms with Crippen molar-refractivity contribution in [1.29, 1.82) is 0 Å². The Balaban J connectivity index is 2.33. The summed E-state index contributed by atoms with van der Waals surface area (Å²) in [5.41, 5.74) is 0.636. The fourth-order valence-electron chi connectivity index (χ4n) is 1.71. The van der Waals surface area contributed by atoms with E-state index in [1.165, 1.54) is 23.5 Å². The van der Waals surface area contributed by atoms with Gasteiger partial charge in [0, 0.05) is 22.0 Å². The molecule has 0 aliphatic heterocycles. The average molecular weight is 352 g/mol. The molecule has 2 nitrogen and oxygen atoms in total. The smallest absolute Gasteiger partial charge is 0.388 e. The molecule has 1 N–H and O–H groups in total. The van der Waals surface area contributed by atoms with Crippen LogP contribution in [0.15, 0.2) is 34.4 Å². The van der Waals surface area contributed by atoms with E-state index in [-0.39, 0.29) is 12.0 Å². The van der Waals surface area contributed by atoms with Gasteiger partial charge in [-0.15, -0.1) is 11.3 Å². The molecule has 19 heavy (non-hydrogen) atoms. The minimum atomic E-state index is -4.49. The molecule has 1 aromatic heterocycles. The van der Waals surface area contributed by atoms with Gasteiger partial charge >= 0.3 is 6.18 Å². The Morgan fingerprint density at radius 1 is 1.37 bits per heavy atom. The summed E-state index contributed by atoms with van der Waals surface area (Å²) >= 11 is 4.31. The number of nitrogens with zero attached hydrogens (tertiary/aromatic N) is 1. The van der Waals surface area contributed by atoms with Gasteiger partial charge in [-0.3, -0.25) is 4.98 Å². The minimum absolute atomic E-state index is 0.120. The van der Waals surface area contributed by atoms with Gasteiger partial charge in [0.05, 0.1) is 17.2 Å². The second kappa shape index (κ2) is 5.60. The van der Waals surface area contributed by atoms with Crippen LogP contribution in [-0.4, -0.2) is 10.1 Å². The van der Waals surface area contributed by atoms with Crippen LogP contribution in [0, 0.1) is 0 Å². The van der Waals surface area contributed by atoms with Gasteiger partial charge in [0.1, 0.15) is 0 Å². The van der Waals surface area contributed by atoms with Crippen molar-refractivity contribution in [3.05, 3.63) is 50.4 Å². The number of benzene rings is 1. The zero-order valence-corrected chi connectivity index (χ0v) is 11.9. The predicted molar refractivity (Wildman–Crippen MR) is 69.9 cm³/mol. The zero-order chi connectivity index (χ0) is 14.0. The number of aromatic nitrogens is 1. The molecule has 1 heterocycles. The number of hydrogen-bond acceptors (Lipinski definition) is 3. The summed E-state index contributed by atoms with van der Waals surface area (Å²) in [5.74, 6) is 0. The number of thiazole rings is 1. The van der Waals surface area contributed by atoms with Crippen LogP contribution in [0.2, 0.25) is 0 Å². The second-order valence-corrected chi connectivity index (χ2v) is 5.80. The van der Waals surface area contributed by atoms with E-state index in [0.717, 1.165) is 10.9 Å².